The molecule has 15 heteroatoms. The van der Waals surface area contributed by atoms with Crippen LogP contribution in [-0.2, 0) is 11.3 Å². The Morgan fingerprint density at radius 2 is 1.75 bits per heavy atom. The monoisotopic (exact) mass is 700 g/mol. The number of aryl methyl sites for hydroxylation is 1. The molecule has 0 aliphatic carbocycles. The number of hydrogen-bond donors (Lipinski definition) is 1. The van der Waals surface area contributed by atoms with Gasteiger partial charge in [0.05, 0.1) is 32.5 Å². The first-order chi connectivity index (χ1) is 24.7. The standard InChI is InChI=1S/C36H35F3N8O4/c1-50-31-7-3-6-30(42-31)44-13-15-45(16-14-44)36(49)29-20-26-25(27-17-23(37)18-28(38)35(27)51-2)19-24(33(39)34(26)41-29)22-5-4-10-46(21-22)32(48)8-11-47-12-9-40-43-47/h3,5-7,9,12,17-20,41H,4,8,10-11,13-16,21H2,1-2H3. The molecule has 3 aromatic heterocycles. The topological polar surface area (TPSA) is 122 Å². The van der Waals surface area contributed by atoms with Crippen LogP contribution in [0.4, 0.5) is 19.0 Å². The highest BCUT2D eigenvalue weighted by atomic mass is 19.1. The fraction of sp³-hybridized carbons (Fsp3) is 0.306. The summed E-state index contributed by atoms with van der Waals surface area (Å²) in [6, 6.07) is 10.3. The molecule has 2 aliphatic rings. The number of nitrogens with zero attached hydrogens (tertiary/aromatic N) is 7. The largest absolute Gasteiger partial charge is 0.493 e. The zero-order valence-electron chi connectivity index (χ0n) is 28.0. The van der Waals surface area contributed by atoms with E-state index in [9.17, 15) is 14.0 Å². The second-order valence-electron chi connectivity index (χ2n) is 12.3. The first-order valence-corrected chi connectivity index (χ1v) is 16.5. The third kappa shape index (κ3) is 6.70. The fourth-order valence-electron chi connectivity index (χ4n) is 6.67. The number of H-pyrrole nitrogens is 1. The number of aromatic amines is 1. The molecule has 0 unspecified atom stereocenters. The predicted molar refractivity (Wildman–Crippen MR) is 183 cm³/mol. The molecule has 0 saturated carbocycles. The molecule has 1 fully saturated rings. The van der Waals surface area contributed by atoms with E-state index in [0.29, 0.717) is 63.2 Å². The molecular weight excluding hydrogens is 665 g/mol. The molecule has 5 heterocycles. The lowest BCUT2D eigenvalue weighted by molar-refractivity contribution is -0.131. The normalized spacial score (nSPS) is 14.9. The van der Waals surface area contributed by atoms with E-state index in [-0.39, 0.29) is 63.8 Å². The summed E-state index contributed by atoms with van der Waals surface area (Å²) in [7, 11) is 2.81. The molecule has 5 aromatic rings. The molecule has 12 nitrogen and oxygen atoms in total. The molecule has 51 heavy (non-hydrogen) atoms. The number of ether oxygens (including phenoxy) is 2. The molecule has 0 bridgehead atoms. The number of halogens is 3. The molecule has 2 aromatic carbocycles. The van der Waals surface area contributed by atoms with E-state index in [4.69, 9.17) is 9.47 Å². The summed E-state index contributed by atoms with van der Waals surface area (Å²) in [5.41, 5.74) is 1.09. The number of carbonyl (C=O) groups excluding carboxylic acids is 2. The van der Waals surface area contributed by atoms with Crippen LogP contribution in [0, 0.1) is 17.5 Å². The van der Waals surface area contributed by atoms with Crippen molar-refractivity contribution in [3.63, 3.8) is 0 Å². The first-order valence-electron chi connectivity index (χ1n) is 16.5. The molecule has 264 valence electrons. The third-order valence-corrected chi connectivity index (χ3v) is 9.27. The molecular formula is C36H35F3N8O4. The van der Waals surface area contributed by atoms with E-state index >= 15 is 8.78 Å². The molecule has 0 radical (unpaired) electrons. The van der Waals surface area contributed by atoms with E-state index in [1.54, 1.807) is 33.9 Å². The Morgan fingerprint density at radius 3 is 2.49 bits per heavy atom. The lowest BCUT2D eigenvalue weighted by Gasteiger charge is -2.35. The van der Waals surface area contributed by atoms with Gasteiger partial charge in [-0.15, -0.1) is 5.10 Å². The number of benzene rings is 2. The van der Waals surface area contributed by atoms with Crippen LogP contribution in [0.2, 0.25) is 0 Å². The maximum Gasteiger partial charge on any atom is 0.270 e. The van der Waals surface area contributed by atoms with Crippen molar-refractivity contribution in [3.05, 3.63) is 89.6 Å². The van der Waals surface area contributed by atoms with Crippen LogP contribution in [0.15, 0.2) is 60.9 Å². The number of rotatable bonds is 9. The zero-order valence-corrected chi connectivity index (χ0v) is 28.0. The van der Waals surface area contributed by atoms with Gasteiger partial charge in [0.25, 0.3) is 5.91 Å². The Morgan fingerprint density at radius 1 is 0.922 bits per heavy atom. The van der Waals surface area contributed by atoms with Gasteiger partial charge in [-0.3, -0.25) is 14.3 Å². The number of methoxy groups -OCH3 is 2. The molecule has 1 saturated heterocycles. The van der Waals surface area contributed by atoms with Crippen molar-refractivity contribution < 1.29 is 32.2 Å². The Labute approximate surface area is 291 Å². The molecule has 0 atom stereocenters. The van der Waals surface area contributed by atoms with Crippen LogP contribution < -0.4 is 14.4 Å². The maximum absolute atomic E-state index is 16.7. The van der Waals surface area contributed by atoms with Gasteiger partial charge in [0.15, 0.2) is 17.4 Å². The number of anilines is 1. The second-order valence-corrected chi connectivity index (χ2v) is 12.3. The zero-order chi connectivity index (χ0) is 35.6. The number of pyridine rings is 1. The summed E-state index contributed by atoms with van der Waals surface area (Å²) in [6.07, 6.45) is 5.70. The van der Waals surface area contributed by atoms with Crippen molar-refractivity contribution in [2.75, 3.05) is 58.4 Å². The summed E-state index contributed by atoms with van der Waals surface area (Å²) in [6.45, 7) is 2.69. The van der Waals surface area contributed by atoms with Gasteiger partial charge in [-0.05, 0) is 41.8 Å². The van der Waals surface area contributed by atoms with Crippen molar-refractivity contribution in [1.29, 1.82) is 0 Å². The van der Waals surface area contributed by atoms with Crippen molar-refractivity contribution in [3.8, 4) is 22.8 Å². The third-order valence-electron chi connectivity index (χ3n) is 9.27. The number of amides is 2. The summed E-state index contributed by atoms with van der Waals surface area (Å²) >= 11 is 0. The van der Waals surface area contributed by atoms with E-state index < -0.39 is 17.5 Å². The molecule has 0 spiro atoms. The number of fused-ring (bicyclic) bond motifs is 1. The summed E-state index contributed by atoms with van der Waals surface area (Å²) in [5, 5.41) is 7.91. The van der Waals surface area contributed by atoms with Gasteiger partial charge in [0, 0.05) is 80.5 Å². The Bertz CT molecular complexity index is 2130. The maximum atomic E-state index is 16.7. The van der Waals surface area contributed by atoms with Gasteiger partial charge in [0.2, 0.25) is 11.8 Å². The van der Waals surface area contributed by atoms with Gasteiger partial charge >= 0.3 is 0 Å². The van der Waals surface area contributed by atoms with Crippen LogP contribution in [0.1, 0.15) is 28.9 Å². The minimum absolute atomic E-state index is 0.00711. The number of aromatic nitrogens is 5. The van der Waals surface area contributed by atoms with Gasteiger partial charge < -0.3 is 29.2 Å². The molecule has 2 aliphatic heterocycles. The first kappa shape index (κ1) is 33.6. The number of carbonyl (C=O) groups is 2. The fourth-order valence-corrected chi connectivity index (χ4v) is 6.67. The second kappa shape index (κ2) is 14.2. The average molecular weight is 701 g/mol. The molecule has 1 N–H and O–H groups in total. The number of piperazine rings is 1. The van der Waals surface area contributed by atoms with E-state index in [1.807, 2.05) is 23.1 Å². The quantitative estimate of drug-likeness (QED) is 0.230. The highest BCUT2D eigenvalue weighted by molar-refractivity contribution is 6.05. The number of nitrogens with one attached hydrogen (secondary N) is 1. The minimum atomic E-state index is -0.928. The smallest absolute Gasteiger partial charge is 0.270 e. The van der Waals surface area contributed by atoms with Gasteiger partial charge in [-0.25, -0.2) is 13.2 Å². The summed E-state index contributed by atoms with van der Waals surface area (Å²) < 4.78 is 58.6. The average Bonchev–Trinajstić information content (AvgIpc) is 3.85. The van der Waals surface area contributed by atoms with E-state index in [1.165, 1.54) is 25.4 Å². The lowest BCUT2D eigenvalue weighted by Crippen LogP contribution is -2.49. The highest BCUT2D eigenvalue weighted by Gasteiger charge is 2.29. The van der Waals surface area contributed by atoms with Crippen LogP contribution in [-0.4, -0.2) is 100 Å². The minimum Gasteiger partial charge on any atom is -0.493 e. The highest BCUT2D eigenvalue weighted by Crippen LogP contribution is 2.41. The van der Waals surface area contributed by atoms with Crippen LogP contribution in [0.3, 0.4) is 0 Å². The van der Waals surface area contributed by atoms with Crippen LogP contribution >= 0.6 is 0 Å². The van der Waals surface area contributed by atoms with Crippen molar-refractivity contribution in [1.82, 2.24) is 34.8 Å². The van der Waals surface area contributed by atoms with Gasteiger partial charge in [-0.1, -0.05) is 17.4 Å². The van der Waals surface area contributed by atoms with Crippen LogP contribution in [0.5, 0.6) is 11.6 Å². The Kier molecular flexibility index (Phi) is 9.34. The Balaban J connectivity index is 1.22. The van der Waals surface area contributed by atoms with Gasteiger partial charge in [0.1, 0.15) is 17.3 Å². The summed E-state index contributed by atoms with van der Waals surface area (Å²) in [4.78, 5) is 39.8. The Hall–Kier alpha value is -5.86. The summed E-state index contributed by atoms with van der Waals surface area (Å²) in [5.74, 6) is -1.93. The SMILES string of the molecule is COc1cccc(N2CCN(C(=O)c3cc4c(-c5cc(F)cc(F)c5OC)cc(C5=CCCN(C(=O)CCn6ccnn6)C5)c(F)c4[nH]3)CC2)n1. The number of hydrogen-bond acceptors (Lipinski definition) is 8. The van der Waals surface area contributed by atoms with Crippen molar-refractivity contribution >= 4 is 34.1 Å². The van der Waals surface area contributed by atoms with Gasteiger partial charge in [-0.2, -0.15) is 4.98 Å². The van der Waals surface area contributed by atoms with E-state index in [2.05, 4.69) is 20.3 Å². The molecule has 7 rings (SSSR count). The lowest BCUT2D eigenvalue weighted by atomic mass is 9.92. The predicted octanol–water partition coefficient (Wildman–Crippen LogP) is 4.92. The molecule has 2 amide bonds. The van der Waals surface area contributed by atoms with Crippen molar-refractivity contribution in [2.45, 2.75) is 19.4 Å². The van der Waals surface area contributed by atoms with Crippen molar-refractivity contribution in [2.24, 2.45) is 0 Å². The van der Waals surface area contributed by atoms with E-state index in [0.717, 1.165) is 11.9 Å². The van der Waals surface area contributed by atoms with Crippen LogP contribution in [0.25, 0.3) is 27.6 Å².